The van der Waals surface area contributed by atoms with Crippen LogP contribution in [0.25, 0.3) is 0 Å². The lowest BCUT2D eigenvalue weighted by molar-refractivity contribution is 0.0171. The Hall–Kier alpha value is -0.900. The fourth-order valence-electron chi connectivity index (χ4n) is 3.94. The van der Waals surface area contributed by atoms with Crippen molar-refractivity contribution in [3.63, 3.8) is 0 Å². The largest absolute Gasteiger partial charge is 0.379 e. The minimum absolute atomic E-state index is 0. The van der Waals surface area contributed by atoms with Gasteiger partial charge in [-0.2, -0.15) is 0 Å². The molecule has 1 atom stereocenters. The van der Waals surface area contributed by atoms with Gasteiger partial charge in [0.1, 0.15) is 0 Å². The van der Waals surface area contributed by atoms with E-state index in [1.165, 1.54) is 12.0 Å². The Morgan fingerprint density at radius 3 is 2.70 bits per heavy atom. The van der Waals surface area contributed by atoms with Crippen LogP contribution in [0.4, 0.5) is 0 Å². The summed E-state index contributed by atoms with van der Waals surface area (Å²) in [5, 5.41) is 7.01. The summed E-state index contributed by atoms with van der Waals surface area (Å²) in [4.78, 5) is 7.28. The summed E-state index contributed by atoms with van der Waals surface area (Å²) in [7, 11) is 0. The summed E-state index contributed by atoms with van der Waals surface area (Å²) in [6.07, 6.45) is 5.87. The molecule has 0 spiro atoms. The molecular weight excluding hydrogens is 491 g/mol. The number of benzene rings is 1. The maximum absolute atomic E-state index is 5.73. The smallest absolute Gasteiger partial charge is 0.191 e. The van der Waals surface area contributed by atoms with Crippen LogP contribution in [-0.4, -0.2) is 69.0 Å². The number of hydrogen-bond donors (Lipinski definition) is 2. The standard InChI is InChI=1S/C23H38N4O2.HI/c1-2-24-23(25-13-7-16-28-19-22-10-6-17-29-22)26-21-11-14-27(15-12-21)18-20-8-4-3-5-9-20;/h3-5,8-9,21-22H,2,6-7,10-19H2,1H3,(H2,24,25,26);1H. The van der Waals surface area contributed by atoms with Crippen molar-refractivity contribution in [2.45, 2.75) is 57.7 Å². The Morgan fingerprint density at radius 2 is 2.00 bits per heavy atom. The molecule has 3 rings (SSSR count). The number of piperidine rings is 1. The minimum Gasteiger partial charge on any atom is -0.379 e. The molecular formula is C23H39IN4O2. The Balaban J connectivity index is 0.00000320. The van der Waals surface area contributed by atoms with E-state index in [-0.39, 0.29) is 24.0 Å². The monoisotopic (exact) mass is 530 g/mol. The fraction of sp³-hybridized carbons (Fsp3) is 0.696. The molecule has 0 radical (unpaired) electrons. The third-order valence-electron chi connectivity index (χ3n) is 5.57. The topological polar surface area (TPSA) is 58.1 Å². The first kappa shape index (κ1) is 25.4. The molecule has 1 aromatic carbocycles. The quantitative estimate of drug-likeness (QED) is 0.210. The predicted molar refractivity (Wildman–Crippen MR) is 134 cm³/mol. The molecule has 7 heteroatoms. The van der Waals surface area contributed by atoms with E-state index in [1.54, 1.807) is 0 Å². The first-order valence-corrected chi connectivity index (χ1v) is 11.3. The number of halogens is 1. The molecule has 2 N–H and O–H groups in total. The van der Waals surface area contributed by atoms with E-state index in [0.717, 1.165) is 84.2 Å². The zero-order valence-corrected chi connectivity index (χ0v) is 20.7. The maximum Gasteiger partial charge on any atom is 0.191 e. The summed E-state index contributed by atoms with van der Waals surface area (Å²) in [5.41, 5.74) is 1.40. The molecule has 1 aromatic rings. The third kappa shape index (κ3) is 9.49. The van der Waals surface area contributed by atoms with Gasteiger partial charge in [0.25, 0.3) is 0 Å². The van der Waals surface area contributed by atoms with Crippen molar-refractivity contribution < 1.29 is 9.47 Å². The number of hydrogen-bond acceptors (Lipinski definition) is 4. The number of nitrogens with zero attached hydrogens (tertiary/aromatic N) is 2. The van der Waals surface area contributed by atoms with Crippen LogP contribution in [0, 0.1) is 0 Å². The van der Waals surface area contributed by atoms with Crippen molar-refractivity contribution in [1.29, 1.82) is 0 Å². The molecule has 2 fully saturated rings. The lowest BCUT2D eigenvalue weighted by Crippen LogP contribution is -2.48. The van der Waals surface area contributed by atoms with E-state index in [0.29, 0.717) is 12.1 Å². The molecule has 1 unspecified atom stereocenters. The maximum atomic E-state index is 5.73. The molecule has 30 heavy (non-hydrogen) atoms. The predicted octanol–water partition coefficient (Wildman–Crippen LogP) is 3.41. The van der Waals surface area contributed by atoms with Gasteiger partial charge in [-0.15, -0.1) is 24.0 Å². The van der Waals surface area contributed by atoms with E-state index in [9.17, 15) is 0 Å². The molecule has 2 aliphatic rings. The van der Waals surface area contributed by atoms with E-state index < -0.39 is 0 Å². The number of rotatable bonds is 10. The average molecular weight is 530 g/mol. The van der Waals surface area contributed by atoms with Gasteiger partial charge >= 0.3 is 0 Å². The second-order valence-electron chi connectivity index (χ2n) is 8.00. The lowest BCUT2D eigenvalue weighted by atomic mass is 10.0. The normalized spacial score (nSPS) is 20.7. The number of aliphatic imine (C=N–C) groups is 1. The summed E-state index contributed by atoms with van der Waals surface area (Å²) >= 11 is 0. The second-order valence-corrected chi connectivity index (χ2v) is 8.00. The second kappa shape index (κ2) is 15.0. The molecule has 6 nitrogen and oxygen atoms in total. The van der Waals surface area contributed by atoms with Gasteiger partial charge in [-0.25, -0.2) is 0 Å². The van der Waals surface area contributed by atoms with Crippen LogP contribution in [-0.2, 0) is 16.0 Å². The highest BCUT2D eigenvalue weighted by Gasteiger charge is 2.20. The highest BCUT2D eigenvalue weighted by molar-refractivity contribution is 14.0. The fourth-order valence-corrected chi connectivity index (χ4v) is 3.94. The van der Waals surface area contributed by atoms with Gasteiger partial charge in [0.2, 0.25) is 0 Å². The lowest BCUT2D eigenvalue weighted by Gasteiger charge is -2.33. The molecule has 2 saturated heterocycles. The van der Waals surface area contributed by atoms with Gasteiger partial charge in [-0.05, 0) is 44.6 Å². The van der Waals surface area contributed by atoms with Crippen molar-refractivity contribution in [3.05, 3.63) is 35.9 Å². The molecule has 0 aromatic heterocycles. The minimum atomic E-state index is 0. The van der Waals surface area contributed by atoms with E-state index in [2.05, 4.69) is 52.8 Å². The van der Waals surface area contributed by atoms with E-state index >= 15 is 0 Å². The van der Waals surface area contributed by atoms with Gasteiger partial charge in [-0.1, -0.05) is 30.3 Å². The molecule has 0 amide bonds. The molecule has 0 bridgehead atoms. The highest BCUT2D eigenvalue weighted by atomic mass is 127. The van der Waals surface area contributed by atoms with Crippen LogP contribution >= 0.6 is 24.0 Å². The summed E-state index contributed by atoms with van der Waals surface area (Å²) in [6.45, 7) is 9.46. The van der Waals surface area contributed by atoms with Crippen molar-refractivity contribution >= 4 is 29.9 Å². The number of nitrogens with one attached hydrogen (secondary N) is 2. The van der Waals surface area contributed by atoms with Crippen LogP contribution in [0.5, 0.6) is 0 Å². The van der Waals surface area contributed by atoms with Crippen LogP contribution in [0.2, 0.25) is 0 Å². The van der Waals surface area contributed by atoms with Gasteiger partial charge in [0.15, 0.2) is 5.96 Å². The van der Waals surface area contributed by atoms with Crippen molar-refractivity contribution in [2.75, 3.05) is 46.0 Å². The van der Waals surface area contributed by atoms with Crippen LogP contribution < -0.4 is 10.6 Å². The van der Waals surface area contributed by atoms with Crippen molar-refractivity contribution in [3.8, 4) is 0 Å². The molecule has 170 valence electrons. The van der Waals surface area contributed by atoms with Crippen molar-refractivity contribution in [1.82, 2.24) is 15.5 Å². The summed E-state index contributed by atoms with van der Waals surface area (Å²) < 4.78 is 11.3. The number of likely N-dealkylation sites (tertiary alicyclic amines) is 1. The first-order valence-electron chi connectivity index (χ1n) is 11.3. The Labute approximate surface area is 199 Å². The van der Waals surface area contributed by atoms with Crippen molar-refractivity contribution in [2.24, 2.45) is 4.99 Å². The van der Waals surface area contributed by atoms with Crippen LogP contribution in [0.3, 0.4) is 0 Å². The molecule has 0 saturated carbocycles. The van der Waals surface area contributed by atoms with Gasteiger partial charge in [0.05, 0.1) is 12.7 Å². The van der Waals surface area contributed by atoms with Crippen LogP contribution in [0.15, 0.2) is 35.3 Å². The van der Waals surface area contributed by atoms with E-state index in [1.807, 2.05) is 0 Å². The van der Waals surface area contributed by atoms with Gasteiger partial charge in [-0.3, -0.25) is 9.89 Å². The Morgan fingerprint density at radius 1 is 1.20 bits per heavy atom. The Bertz CT molecular complexity index is 588. The molecule has 2 heterocycles. The van der Waals surface area contributed by atoms with E-state index in [4.69, 9.17) is 14.5 Å². The highest BCUT2D eigenvalue weighted by Crippen LogP contribution is 2.14. The third-order valence-corrected chi connectivity index (χ3v) is 5.57. The first-order chi connectivity index (χ1) is 14.3. The average Bonchev–Trinajstić information content (AvgIpc) is 3.26. The summed E-state index contributed by atoms with van der Waals surface area (Å²) in [5.74, 6) is 0.938. The van der Waals surface area contributed by atoms with Gasteiger partial charge in [0, 0.05) is 52.0 Å². The number of ether oxygens (including phenoxy) is 2. The zero-order chi connectivity index (χ0) is 20.2. The number of guanidine groups is 1. The molecule has 2 aliphatic heterocycles. The van der Waals surface area contributed by atoms with Gasteiger partial charge < -0.3 is 20.1 Å². The van der Waals surface area contributed by atoms with Crippen LogP contribution in [0.1, 0.15) is 44.6 Å². The summed E-state index contributed by atoms with van der Waals surface area (Å²) in [6, 6.07) is 11.2. The molecule has 0 aliphatic carbocycles. The Kier molecular flexibility index (Phi) is 12.7. The SMILES string of the molecule is CCNC(=NCCCOCC1CCCO1)NC1CCN(Cc2ccccc2)CC1.I. The zero-order valence-electron chi connectivity index (χ0n) is 18.4.